The normalized spacial score (nSPS) is 24.4. The number of hydrogen-bond donors (Lipinski definition) is 1. The maximum Gasteiger partial charge on any atom is 0.317 e. The van der Waals surface area contributed by atoms with Crippen LogP contribution in [0.3, 0.4) is 0 Å². The van der Waals surface area contributed by atoms with E-state index in [0.717, 1.165) is 19.0 Å². The van der Waals surface area contributed by atoms with Crippen LogP contribution in [-0.4, -0.2) is 60.1 Å². The lowest BCUT2D eigenvalue weighted by Crippen LogP contribution is -2.58. The number of carboxylic acid groups (broad SMARTS) is 1. The lowest BCUT2D eigenvalue weighted by atomic mass is 9.79. The molecule has 2 heterocycles. The third-order valence-corrected chi connectivity index (χ3v) is 4.02. The van der Waals surface area contributed by atoms with Gasteiger partial charge in [0.25, 0.3) is 0 Å². The molecule has 0 saturated carbocycles. The van der Waals surface area contributed by atoms with Crippen LogP contribution in [0.5, 0.6) is 0 Å². The van der Waals surface area contributed by atoms with Crippen LogP contribution < -0.4 is 0 Å². The Hall–Kier alpha value is -0.610. The van der Waals surface area contributed by atoms with Crippen LogP contribution in [-0.2, 0) is 4.79 Å². The Bertz CT molecular complexity index is 285. The Kier molecular flexibility index (Phi) is 3.73. The SMILES string of the molecule is CC(C)CCN1CCC2(C1)CN(CC(=O)O)C2. The van der Waals surface area contributed by atoms with Gasteiger partial charge >= 0.3 is 5.97 Å². The van der Waals surface area contributed by atoms with E-state index in [1.165, 1.54) is 32.5 Å². The highest BCUT2D eigenvalue weighted by atomic mass is 16.4. The molecule has 4 heteroatoms. The van der Waals surface area contributed by atoms with Crippen molar-refractivity contribution in [1.82, 2.24) is 9.80 Å². The molecule has 0 aromatic heterocycles. The second-order valence-corrected chi connectivity index (χ2v) is 6.25. The van der Waals surface area contributed by atoms with E-state index in [9.17, 15) is 4.79 Å². The van der Waals surface area contributed by atoms with Crippen molar-refractivity contribution < 1.29 is 9.90 Å². The molecule has 0 unspecified atom stereocenters. The van der Waals surface area contributed by atoms with Crippen LogP contribution in [0.1, 0.15) is 26.7 Å². The molecule has 2 rings (SSSR count). The van der Waals surface area contributed by atoms with Crippen LogP contribution >= 0.6 is 0 Å². The number of carboxylic acids is 1. The van der Waals surface area contributed by atoms with Gasteiger partial charge in [-0.15, -0.1) is 0 Å². The molecule has 2 aliphatic rings. The third kappa shape index (κ3) is 3.19. The zero-order valence-electron chi connectivity index (χ0n) is 11.0. The van der Waals surface area contributed by atoms with Gasteiger partial charge in [0, 0.05) is 25.0 Å². The van der Waals surface area contributed by atoms with Gasteiger partial charge < -0.3 is 10.0 Å². The van der Waals surface area contributed by atoms with Gasteiger partial charge in [-0.3, -0.25) is 9.69 Å². The number of likely N-dealkylation sites (tertiary alicyclic amines) is 2. The van der Waals surface area contributed by atoms with E-state index < -0.39 is 5.97 Å². The van der Waals surface area contributed by atoms with Gasteiger partial charge in [-0.2, -0.15) is 0 Å². The lowest BCUT2D eigenvalue weighted by molar-refractivity contribution is -0.141. The van der Waals surface area contributed by atoms with E-state index in [1.807, 2.05) is 4.90 Å². The van der Waals surface area contributed by atoms with Crippen LogP contribution in [0.15, 0.2) is 0 Å². The van der Waals surface area contributed by atoms with E-state index in [1.54, 1.807) is 0 Å². The fourth-order valence-electron chi connectivity index (χ4n) is 3.12. The van der Waals surface area contributed by atoms with Gasteiger partial charge in [0.15, 0.2) is 0 Å². The quantitative estimate of drug-likeness (QED) is 0.782. The van der Waals surface area contributed by atoms with Gasteiger partial charge in [0.1, 0.15) is 0 Å². The zero-order valence-corrected chi connectivity index (χ0v) is 11.0. The summed E-state index contributed by atoms with van der Waals surface area (Å²) in [5.74, 6) is 0.0750. The van der Waals surface area contributed by atoms with Crippen molar-refractivity contribution >= 4 is 5.97 Å². The lowest BCUT2D eigenvalue weighted by Gasteiger charge is -2.47. The zero-order chi connectivity index (χ0) is 12.5. The topological polar surface area (TPSA) is 43.8 Å². The number of hydrogen-bond acceptors (Lipinski definition) is 3. The molecule has 2 aliphatic heterocycles. The van der Waals surface area contributed by atoms with Crippen LogP contribution in [0.4, 0.5) is 0 Å². The molecular weight excluding hydrogens is 216 g/mol. The highest BCUT2D eigenvalue weighted by Crippen LogP contribution is 2.39. The summed E-state index contributed by atoms with van der Waals surface area (Å²) < 4.78 is 0. The van der Waals surface area contributed by atoms with Gasteiger partial charge in [0.2, 0.25) is 0 Å². The van der Waals surface area contributed by atoms with Crippen molar-refractivity contribution in [3.05, 3.63) is 0 Å². The first-order chi connectivity index (χ1) is 7.99. The first-order valence-corrected chi connectivity index (χ1v) is 6.66. The molecule has 0 aromatic carbocycles. The van der Waals surface area contributed by atoms with E-state index in [-0.39, 0.29) is 6.54 Å². The second-order valence-electron chi connectivity index (χ2n) is 6.25. The molecule has 0 aliphatic carbocycles. The highest BCUT2D eigenvalue weighted by Gasteiger charge is 2.47. The molecule has 0 atom stereocenters. The molecule has 2 saturated heterocycles. The Balaban J connectivity index is 1.70. The molecule has 0 aromatic rings. The summed E-state index contributed by atoms with van der Waals surface area (Å²) in [7, 11) is 0. The summed E-state index contributed by atoms with van der Waals surface area (Å²) in [4.78, 5) is 15.2. The number of carbonyl (C=O) groups is 1. The predicted octanol–water partition coefficient (Wildman–Crippen LogP) is 1.12. The van der Waals surface area contributed by atoms with E-state index in [4.69, 9.17) is 5.11 Å². The number of nitrogens with zero attached hydrogens (tertiary/aromatic N) is 2. The summed E-state index contributed by atoms with van der Waals surface area (Å²) in [5.41, 5.74) is 0.423. The van der Waals surface area contributed by atoms with Gasteiger partial charge in [0.05, 0.1) is 6.54 Å². The Morgan fingerprint density at radius 1 is 1.29 bits per heavy atom. The standard InChI is InChI=1S/C13H24N2O2/c1-11(2)3-5-14-6-4-13(8-14)9-15(10-13)7-12(16)17/h11H,3-10H2,1-2H3,(H,16,17). The minimum absolute atomic E-state index is 0.216. The van der Waals surface area contributed by atoms with Crippen molar-refractivity contribution in [2.24, 2.45) is 11.3 Å². The molecule has 4 nitrogen and oxygen atoms in total. The van der Waals surface area contributed by atoms with E-state index in [0.29, 0.717) is 5.41 Å². The van der Waals surface area contributed by atoms with Crippen molar-refractivity contribution in [1.29, 1.82) is 0 Å². The van der Waals surface area contributed by atoms with Crippen molar-refractivity contribution in [3.8, 4) is 0 Å². The van der Waals surface area contributed by atoms with Crippen LogP contribution in [0.25, 0.3) is 0 Å². The van der Waals surface area contributed by atoms with E-state index in [2.05, 4.69) is 18.7 Å². The second kappa shape index (κ2) is 4.94. The summed E-state index contributed by atoms with van der Waals surface area (Å²) in [6.45, 7) is 10.3. The molecule has 1 spiro atoms. The fourth-order valence-corrected chi connectivity index (χ4v) is 3.12. The predicted molar refractivity (Wildman–Crippen MR) is 67.0 cm³/mol. The minimum Gasteiger partial charge on any atom is -0.480 e. The van der Waals surface area contributed by atoms with Crippen LogP contribution in [0.2, 0.25) is 0 Å². The summed E-state index contributed by atoms with van der Waals surface area (Å²) in [6, 6.07) is 0. The average molecular weight is 240 g/mol. The minimum atomic E-state index is -0.700. The van der Waals surface area contributed by atoms with Crippen molar-refractivity contribution in [2.45, 2.75) is 26.7 Å². The maximum atomic E-state index is 10.6. The highest BCUT2D eigenvalue weighted by molar-refractivity contribution is 5.69. The van der Waals surface area contributed by atoms with Gasteiger partial charge in [-0.05, 0) is 31.8 Å². The number of rotatable bonds is 5. The van der Waals surface area contributed by atoms with Gasteiger partial charge in [-0.1, -0.05) is 13.8 Å². The summed E-state index contributed by atoms with van der Waals surface area (Å²) in [6.07, 6.45) is 2.52. The maximum absolute atomic E-state index is 10.6. The first-order valence-electron chi connectivity index (χ1n) is 6.66. The summed E-state index contributed by atoms with van der Waals surface area (Å²) >= 11 is 0. The van der Waals surface area contributed by atoms with Crippen molar-refractivity contribution in [3.63, 3.8) is 0 Å². The van der Waals surface area contributed by atoms with Crippen LogP contribution in [0, 0.1) is 11.3 Å². The number of aliphatic carboxylic acids is 1. The largest absolute Gasteiger partial charge is 0.480 e. The first kappa shape index (κ1) is 12.8. The van der Waals surface area contributed by atoms with Crippen molar-refractivity contribution in [2.75, 3.05) is 39.3 Å². The third-order valence-electron chi connectivity index (χ3n) is 4.02. The van der Waals surface area contributed by atoms with Gasteiger partial charge in [-0.25, -0.2) is 0 Å². The smallest absolute Gasteiger partial charge is 0.317 e. The fraction of sp³-hybridized carbons (Fsp3) is 0.923. The summed E-state index contributed by atoms with van der Waals surface area (Å²) in [5, 5.41) is 8.73. The molecule has 98 valence electrons. The Morgan fingerprint density at radius 2 is 1.94 bits per heavy atom. The Labute approximate surface area is 104 Å². The molecule has 0 amide bonds. The molecule has 0 radical (unpaired) electrons. The molecule has 2 fully saturated rings. The Morgan fingerprint density at radius 3 is 2.53 bits per heavy atom. The van der Waals surface area contributed by atoms with E-state index >= 15 is 0 Å². The molecule has 0 bridgehead atoms. The molecule has 1 N–H and O–H groups in total. The monoisotopic (exact) mass is 240 g/mol. The molecular formula is C13H24N2O2. The molecule has 17 heavy (non-hydrogen) atoms. The average Bonchev–Trinajstić information content (AvgIpc) is 2.57.